The Balaban J connectivity index is 1.93. The second-order valence-corrected chi connectivity index (χ2v) is 11.2. The van der Waals surface area contributed by atoms with Gasteiger partial charge in [-0.05, 0) is 27.1 Å². The third-order valence-corrected chi connectivity index (χ3v) is 6.94. The van der Waals surface area contributed by atoms with Crippen LogP contribution in [0.1, 0.15) is 10.4 Å². The molecule has 0 unspecified atom stereocenters. The fourth-order valence-electron chi connectivity index (χ4n) is 3.74. The number of fused-ring (bicyclic) bond motifs is 1. The Labute approximate surface area is 197 Å². The highest BCUT2D eigenvalue weighted by Gasteiger charge is 2.23. The predicted molar refractivity (Wildman–Crippen MR) is 131 cm³/mol. The summed E-state index contributed by atoms with van der Waals surface area (Å²) in [4.78, 5) is 19.6. The summed E-state index contributed by atoms with van der Waals surface area (Å²) in [5.74, 6) is 0.825. The van der Waals surface area contributed by atoms with E-state index in [9.17, 15) is 8.42 Å². The molecule has 4 heterocycles. The van der Waals surface area contributed by atoms with Gasteiger partial charge in [-0.1, -0.05) is 0 Å². The third-order valence-electron chi connectivity index (χ3n) is 5.20. The van der Waals surface area contributed by atoms with E-state index in [-0.39, 0.29) is 11.6 Å². The first kappa shape index (κ1) is 23.6. The van der Waals surface area contributed by atoms with Crippen molar-refractivity contribution in [3.8, 4) is 17.1 Å². The molecule has 0 aliphatic carbocycles. The van der Waals surface area contributed by atoms with Crippen LogP contribution < -0.4 is 14.4 Å². The number of ether oxygens (including phenoxy) is 2. The number of anilines is 2. The molecule has 178 valence electrons. The van der Waals surface area contributed by atoms with E-state index >= 15 is 0 Å². The monoisotopic (exact) mass is 492 g/mol. The lowest BCUT2D eigenvalue weighted by Gasteiger charge is -2.27. The largest absolute Gasteiger partial charge is 0.480 e. The number of rotatable bonds is 7. The zero-order valence-electron chi connectivity index (χ0n) is 19.4. The smallest absolute Gasteiger partial charge is 0.238 e. The van der Waals surface area contributed by atoms with Crippen molar-refractivity contribution in [2.24, 2.45) is 0 Å². The number of nitrogens with zero attached hydrogens (tertiary/aromatic N) is 5. The highest BCUT2D eigenvalue weighted by molar-refractivity contribution is 7.92. The number of thiophene rings is 1. The van der Waals surface area contributed by atoms with E-state index in [0.717, 1.165) is 28.6 Å². The lowest BCUT2D eigenvalue weighted by Crippen LogP contribution is -2.37. The van der Waals surface area contributed by atoms with Crippen LogP contribution >= 0.6 is 11.3 Å². The van der Waals surface area contributed by atoms with Crippen molar-refractivity contribution in [3.63, 3.8) is 0 Å². The molecule has 4 rings (SSSR count). The van der Waals surface area contributed by atoms with Gasteiger partial charge in [-0.25, -0.2) is 23.4 Å². The highest BCUT2D eigenvalue weighted by atomic mass is 32.2. The van der Waals surface area contributed by atoms with Crippen molar-refractivity contribution in [2.45, 2.75) is 13.5 Å². The van der Waals surface area contributed by atoms with Crippen LogP contribution in [0.2, 0.25) is 0 Å². The van der Waals surface area contributed by atoms with Gasteiger partial charge in [0.1, 0.15) is 5.69 Å². The first-order chi connectivity index (χ1) is 15.7. The van der Waals surface area contributed by atoms with E-state index in [1.165, 1.54) is 12.0 Å². The lowest BCUT2D eigenvalue weighted by molar-refractivity contribution is 0.122. The maximum Gasteiger partial charge on any atom is 0.238 e. The molecule has 0 amide bonds. The zero-order chi connectivity index (χ0) is 23.8. The van der Waals surface area contributed by atoms with Crippen LogP contribution in [0.5, 0.6) is 5.88 Å². The van der Waals surface area contributed by atoms with Gasteiger partial charge in [0.05, 0.1) is 42.5 Å². The van der Waals surface area contributed by atoms with Gasteiger partial charge in [-0.15, -0.1) is 11.3 Å². The second-order valence-electron chi connectivity index (χ2n) is 8.18. The Morgan fingerprint density at radius 3 is 2.64 bits per heavy atom. The quantitative estimate of drug-likeness (QED) is 0.531. The molecule has 1 aliphatic heterocycles. The van der Waals surface area contributed by atoms with Crippen molar-refractivity contribution in [2.75, 3.05) is 63.4 Å². The number of nitrogens with one attached hydrogen (secondary N) is 1. The molecule has 0 atom stereocenters. The van der Waals surface area contributed by atoms with Gasteiger partial charge in [0.2, 0.25) is 21.9 Å². The summed E-state index contributed by atoms with van der Waals surface area (Å²) in [6, 6.07) is 1.71. The molecule has 1 fully saturated rings. The summed E-state index contributed by atoms with van der Waals surface area (Å²) < 4.78 is 38.0. The molecule has 0 aromatic carbocycles. The molecule has 10 nitrogen and oxygen atoms in total. The number of hydrogen-bond acceptors (Lipinski definition) is 10. The standard InChI is InChI=1S/C21H28N6O4S2/c1-13-15(12-26(2)3)18-19(32-13)17(23-21(24-18)27-6-8-31-9-7-27)14-10-16(25-33(5,28)29)20(30-4)22-11-14/h10-11,25H,6-9,12H2,1-5H3. The van der Waals surface area contributed by atoms with Crippen LogP contribution in [0.4, 0.5) is 11.6 Å². The molecule has 33 heavy (non-hydrogen) atoms. The summed E-state index contributed by atoms with van der Waals surface area (Å²) in [5.41, 5.74) is 3.73. The van der Waals surface area contributed by atoms with Crippen LogP contribution in [0.15, 0.2) is 12.3 Å². The topological polar surface area (TPSA) is 110 Å². The minimum absolute atomic E-state index is 0.193. The average molecular weight is 493 g/mol. The Hall–Kier alpha value is -2.54. The van der Waals surface area contributed by atoms with Gasteiger partial charge in [0.25, 0.3) is 0 Å². The molecule has 0 spiro atoms. The van der Waals surface area contributed by atoms with Gasteiger partial charge in [0.15, 0.2) is 0 Å². The van der Waals surface area contributed by atoms with Crippen LogP contribution in [-0.2, 0) is 21.3 Å². The average Bonchev–Trinajstić information content (AvgIpc) is 3.07. The summed E-state index contributed by atoms with van der Waals surface area (Å²) in [6.45, 7) is 5.50. The maximum absolute atomic E-state index is 11.9. The Morgan fingerprint density at radius 2 is 2.00 bits per heavy atom. The second kappa shape index (κ2) is 9.37. The molecule has 0 bridgehead atoms. The number of hydrogen-bond donors (Lipinski definition) is 1. The third kappa shape index (κ3) is 5.18. The van der Waals surface area contributed by atoms with Gasteiger partial charge in [-0.2, -0.15) is 0 Å². The lowest BCUT2D eigenvalue weighted by atomic mass is 10.1. The molecule has 1 N–H and O–H groups in total. The van der Waals surface area contributed by atoms with Gasteiger partial charge in [-0.3, -0.25) is 4.72 Å². The van der Waals surface area contributed by atoms with Crippen molar-refractivity contribution >= 4 is 43.2 Å². The predicted octanol–water partition coefficient (Wildman–Crippen LogP) is 2.34. The first-order valence-electron chi connectivity index (χ1n) is 10.5. The van der Waals surface area contributed by atoms with E-state index in [1.807, 2.05) is 14.1 Å². The normalized spacial score (nSPS) is 14.8. The summed E-state index contributed by atoms with van der Waals surface area (Å²) in [6.07, 6.45) is 2.74. The number of morpholine rings is 1. The number of sulfonamides is 1. The molecule has 12 heteroatoms. The molecule has 0 saturated carbocycles. The zero-order valence-corrected chi connectivity index (χ0v) is 21.0. The van der Waals surface area contributed by atoms with Crippen molar-refractivity contribution in [1.29, 1.82) is 0 Å². The number of aryl methyl sites for hydroxylation is 1. The van der Waals surface area contributed by atoms with E-state index in [4.69, 9.17) is 19.4 Å². The number of pyridine rings is 1. The number of methoxy groups -OCH3 is 1. The molecule has 3 aromatic rings. The summed E-state index contributed by atoms with van der Waals surface area (Å²) in [5, 5.41) is 0. The molecular formula is C21H28N6O4S2. The van der Waals surface area contributed by atoms with Gasteiger partial charge < -0.3 is 19.3 Å². The van der Waals surface area contributed by atoms with E-state index in [0.29, 0.717) is 43.5 Å². The number of aromatic nitrogens is 3. The van der Waals surface area contributed by atoms with Crippen LogP contribution in [0.25, 0.3) is 21.5 Å². The molecule has 1 saturated heterocycles. The van der Waals surface area contributed by atoms with Crippen LogP contribution in [0.3, 0.4) is 0 Å². The van der Waals surface area contributed by atoms with Gasteiger partial charge in [0, 0.05) is 41.8 Å². The Morgan fingerprint density at radius 1 is 1.27 bits per heavy atom. The van der Waals surface area contributed by atoms with Gasteiger partial charge >= 0.3 is 0 Å². The van der Waals surface area contributed by atoms with Crippen molar-refractivity contribution in [1.82, 2.24) is 19.9 Å². The minimum Gasteiger partial charge on any atom is -0.480 e. The maximum atomic E-state index is 11.9. The van der Waals surface area contributed by atoms with E-state index in [2.05, 4.69) is 26.4 Å². The van der Waals surface area contributed by atoms with E-state index in [1.54, 1.807) is 23.6 Å². The fourth-order valence-corrected chi connectivity index (χ4v) is 5.40. The Kier molecular flexibility index (Phi) is 6.71. The van der Waals surface area contributed by atoms with Crippen LogP contribution in [-0.4, -0.2) is 82.0 Å². The summed E-state index contributed by atoms with van der Waals surface area (Å²) in [7, 11) is 1.99. The highest BCUT2D eigenvalue weighted by Crippen LogP contribution is 2.39. The molecule has 1 aliphatic rings. The first-order valence-corrected chi connectivity index (χ1v) is 13.2. The molecular weight excluding hydrogens is 464 g/mol. The van der Waals surface area contributed by atoms with E-state index < -0.39 is 10.0 Å². The van der Waals surface area contributed by atoms with Crippen molar-refractivity contribution < 1.29 is 17.9 Å². The SMILES string of the molecule is COc1ncc(-c2nc(N3CCOCC3)nc3c(CN(C)C)c(C)sc23)cc1NS(C)(=O)=O. The Bertz CT molecular complexity index is 1270. The molecule has 0 radical (unpaired) electrons. The van der Waals surface area contributed by atoms with Crippen molar-refractivity contribution in [3.05, 3.63) is 22.7 Å². The molecule has 3 aromatic heterocycles. The summed E-state index contributed by atoms with van der Waals surface area (Å²) >= 11 is 1.63. The van der Waals surface area contributed by atoms with Crippen LogP contribution in [0, 0.1) is 6.92 Å². The minimum atomic E-state index is -3.52. The fraction of sp³-hybridized carbons (Fsp3) is 0.476.